The summed E-state index contributed by atoms with van der Waals surface area (Å²) in [5.41, 5.74) is 1.95. The van der Waals surface area contributed by atoms with E-state index in [9.17, 15) is 4.79 Å². The standard InChI is InChI=1S/C21H21N5OS/c1-24-19-18(25(21(24)27)17-13-7-4-8-14-17)23-20(28-2)26(19)22-15-9-12-16-10-5-3-6-11-16/h3-15,18-19H,1-2H3/b12-9+,22-15+. The zero-order chi connectivity index (χ0) is 19.5. The van der Waals surface area contributed by atoms with E-state index in [0.717, 1.165) is 16.4 Å². The Balaban J connectivity index is 1.58. The number of likely N-dealkylation sites (N-methyl/N-ethyl adjacent to an activating group) is 1. The normalized spacial score (nSPS) is 21.9. The number of hydrogen-bond donors (Lipinski definition) is 0. The van der Waals surface area contributed by atoms with Gasteiger partial charge in [0.1, 0.15) is 0 Å². The molecule has 0 aromatic heterocycles. The van der Waals surface area contributed by atoms with Gasteiger partial charge in [0.2, 0.25) is 0 Å². The molecule has 1 fully saturated rings. The highest BCUT2D eigenvalue weighted by Crippen LogP contribution is 2.36. The molecule has 2 aromatic rings. The molecule has 0 aliphatic carbocycles. The van der Waals surface area contributed by atoms with Crippen LogP contribution in [0.5, 0.6) is 0 Å². The molecule has 2 aromatic carbocycles. The first-order valence-corrected chi connectivity index (χ1v) is 10.2. The van der Waals surface area contributed by atoms with Crippen molar-refractivity contribution in [2.75, 3.05) is 18.2 Å². The van der Waals surface area contributed by atoms with Gasteiger partial charge in [0, 0.05) is 18.9 Å². The third kappa shape index (κ3) is 3.29. The molecular formula is C21H21N5OS. The number of carbonyl (C=O) groups is 1. The number of anilines is 1. The van der Waals surface area contributed by atoms with Gasteiger partial charge in [-0.1, -0.05) is 66.4 Å². The SMILES string of the molecule is CSC1=NC2C(N(C)C(=O)N2c2ccccc2)N1/N=C/C=C/c1ccccc1. The second kappa shape index (κ2) is 7.90. The highest BCUT2D eigenvalue weighted by molar-refractivity contribution is 8.13. The van der Waals surface area contributed by atoms with E-state index in [4.69, 9.17) is 4.99 Å². The van der Waals surface area contributed by atoms with Crippen LogP contribution < -0.4 is 4.90 Å². The molecule has 2 heterocycles. The zero-order valence-corrected chi connectivity index (χ0v) is 16.5. The number of fused-ring (bicyclic) bond motifs is 1. The molecule has 0 radical (unpaired) electrons. The molecule has 0 spiro atoms. The lowest BCUT2D eigenvalue weighted by Crippen LogP contribution is -2.43. The van der Waals surface area contributed by atoms with Crippen molar-refractivity contribution in [3.63, 3.8) is 0 Å². The number of hydrazone groups is 1. The lowest BCUT2D eigenvalue weighted by atomic mass is 10.2. The molecule has 28 heavy (non-hydrogen) atoms. The van der Waals surface area contributed by atoms with Crippen LogP contribution in [-0.2, 0) is 0 Å². The molecule has 0 bridgehead atoms. The maximum Gasteiger partial charge on any atom is 0.327 e. The lowest BCUT2D eigenvalue weighted by molar-refractivity contribution is 0.172. The highest BCUT2D eigenvalue weighted by atomic mass is 32.2. The molecular weight excluding hydrogens is 370 g/mol. The van der Waals surface area contributed by atoms with Crippen molar-refractivity contribution in [2.24, 2.45) is 10.1 Å². The number of benzene rings is 2. The molecule has 142 valence electrons. The van der Waals surface area contributed by atoms with E-state index in [2.05, 4.69) is 5.10 Å². The molecule has 2 atom stereocenters. The van der Waals surface area contributed by atoms with Gasteiger partial charge in [0.05, 0.1) is 0 Å². The Hall–Kier alpha value is -3.06. The van der Waals surface area contributed by atoms with E-state index >= 15 is 0 Å². The Bertz CT molecular complexity index is 928. The van der Waals surface area contributed by atoms with Gasteiger partial charge in [0.25, 0.3) is 0 Å². The van der Waals surface area contributed by atoms with Crippen LogP contribution in [0.15, 0.2) is 76.8 Å². The number of hydrogen-bond acceptors (Lipinski definition) is 5. The summed E-state index contributed by atoms with van der Waals surface area (Å²) in [6.45, 7) is 0. The van der Waals surface area contributed by atoms with Crippen LogP contribution in [0.1, 0.15) is 5.56 Å². The Morgan fingerprint density at radius 3 is 2.43 bits per heavy atom. The lowest BCUT2D eigenvalue weighted by Gasteiger charge is -2.25. The van der Waals surface area contributed by atoms with Crippen molar-refractivity contribution in [1.82, 2.24) is 9.91 Å². The largest absolute Gasteiger partial charge is 0.327 e. The number of rotatable bonds is 4. The fourth-order valence-electron chi connectivity index (χ4n) is 3.37. The van der Waals surface area contributed by atoms with E-state index in [1.54, 1.807) is 23.1 Å². The summed E-state index contributed by atoms with van der Waals surface area (Å²) in [5, 5.41) is 7.21. The number of urea groups is 1. The van der Waals surface area contributed by atoms with Gasteiger partial charge in [-0.25, -0.2) is 14.8 Å². The molecule has 2 aliphatic rings. The summed E-state index contributed by atoms with van der Waals surface area (Å²) in [6, 6.07) is 19.6. The Kier molecular flexibility index (Phi) is 5.16. The van der Waals surface area contributed by atoms with Crippen LogP contribution in [0.3, 0.4) is 0 Å². The number of thioether (sulfide) groups is 1. The van der Waals surface area contributed by atoms with Crippen molar-refractivity contribution in [1.29, 1.82) is 0 Å². The third-order valence-electron chi connectivity index (χ3n) is 4.71. The molecule has 1 saturated heterocycles. The molecule has 2 amide bonds. The average Bonchev–Trinajstić information content (AvgIpc) is 3.21. The van der Waals surface area contributed by atoms with Gasteiger partial charge in [-0.2, -0.15) is 5.10 Å². The molecule has 0 N–H and O–H groups in total. The number of para-hydroxylation sites is 1. The minimum Gasteiger partial charge on any atom is -0.301 e. The van der Waals surface area contributed by atoms with Gasteiger partial charge in [-0.3, -0.25) is 4.90 Å². The van der Waals surface area contributed by atoms with Crippen LogP contribution in [0, 0.1) is 0 Å². The maximum atomic E-state index is 12.9. The van der Waals surface area contributed by atoms with E-state index in [-0.39, 0.29) is 18.4 Å². The topological polar surface area (TPSA) is 51.5 Å². The Labute approximate surface area is 168 Å². The van der Waals surface area contributed by atoms with Crippen LogP contribution in [-0.4, -0.2) is 53.0 Å². The first-order chi connectivity index (χ1) is 13.7. The van der Waals surface area contributed by atoms with Gasteiger partial charge in [0.15, 0.2) is 17.5 Å². The summed E-state index contributed by atoms with van der Waals surface area (Å²) in [6.07, 6.45) is 7.01. The van der Waals surface area contributed by atoms with E-state index in [0.29, 0.717) is 0 Å². The van der Waals surface area contributed by atoms with Crippen molar-refractivity contribution < 1.29 is 4.79 Å². The zero-order valence-electron chi connectivity index (χ0n) is 15.7. The third-order valence-corrected chi connectivity index (χ3v) is 5.37. The van der Waals surface area contributed by atoms with E-state index in [1.165, 1.54) is 11.8 Å². The summed E-state index contributed by atoms with van der Waals surface area (Å²) in [7, 11) is 1.80. The molecule has 2 unspecified atom stereocenters. The summed E-state index contributed by atoms with van der Waals surface area (Å²) in [4.78, 5) is 21.1. The second-order valence-corrected chi connectivity index (χ2v) is 7.19. The fraction of sp³-hybridized carbons (Fsp3) is 0.190. The van der Waals surface area contributed by atoms with E-state index < -0.39 is 0 Å². The average molecular weight is 392 g/mol. The molecule has 7 heteroatoms. The quantitative estimate of drug-likeness (QED) is 0.742. The number of amidine groups is 1. The van der Waals surface area contributed by atoms with Crippen molar-refractivity contribution >= 4 is 40.9 Å². The first kappa shape index (κ1) is 18.3. The number of carbonyl (C=O) groups excluding carboxylic acids is 1. The minimum absolute atomic E-state index is 0.0786. The summed E-state index contributed by atoms with van der Waals surface area (Å²) < 4.78 is 0. The van der Waals surface area contributed by atoms with Crippen molar-refractivity contribution in [3.05, 3.63) is 72.3 Å². The Morgan fingerprint density at radius 1 is 1.07 bits per heavy atom. The highest BCUT2D eigenvalue weighted by Gasteiger charge is 2.52. The summed E-state index contributed by atoms with van der Waals surface area (Å²) in [5.74, 6) is 0. The van der Waals surface area contributed by atoms with Crippen LogP contribution >= 0.6 is 11.8 Å². The van der Waals surface area contributed by atoms with Crippen molar-refractivity contribution in [2.45, 2.75) is 12.3 Å². The van der Waals surface area contributed by atoms with E-state index in [1.807, 2.05) is 84.1 Å². The molecule has 0 saturated carbocycles. The van der Waals surface area contributed by atoms with Crippen LogP contribution in [0.25, 0.3) is 6.08 Å². The summed E-state index contributed by atoms with van der Waals surface area (Å²) >= 11 is 1.53. The molecule has 6 nitrogen and oxygen atoms in total. The fourth-order valence-corrected chi connectivity index (χ4v) is 3.93. The monoisotopic (exact) mass is 391 g/mol. The number of nitrogens with zero attached hydrogens (tertiary/aromatic N) is 5. The maximum absolute atomic E-state index is 12.9. The second-order valence-electron chi connectivity index (χ2n) is 6.42. The van der Waals surface area contributed by atoms with Gasteiger partial charge < -0.3 is 4.90 Å². The number of allylic oxidation sites excluding steroid dienone is 1. The predicted octanol–water partition coefficient (Wildman–Crippen LogP) is 3.94. The van der Waals surface area contributed by atoms with Gasteiger partial charge in [-0.05, 0) is 30.0 Å². The number of amides is 2. The first-order valence-electron chi connectivity index (χ1n) is 8.98. The van der Waals surface area contributed by atoms with Gasteiger partial charge in [-0.15, -0.1) is 0 Å². The minimum atomic E-state index is -0.322. The smallest absolute Gasteiger partial charge is 0.301 e. The number of aliphatic imine (C=N–C) groups is 1. The molecule has 2 aliphatic heterocycles. The van der Waals surface area contributed by atoms with Crippen LogP contribution in [0.2, 0.25) is 0 Å². The predicted molar refractivity (Wildman–Crippen MR) is 116 cm³/mol. The Morgan fingerprint density at radius 2 is 1.75 bits per heavy atom. The van der Waals surface area contributed by atoms with Crippen molar-refractivity contribution in [3.8, 4) is 0 Å². The van der Waals surface area contributed by atoms with Crippen LogP contribution in [0.4, 0.5) is 10.5 Å². The molecule has 4 rings (SSSR count). The van der Waals surface area contributed by atoms with Gasteiger partial charge >= 0.3 is 6.03 Å².